The van der Waals surface area contributed by atoms with Gasteiger partial charge in [0, 0.05) is 32.4 Å². The minimum absolute atomic E-state index is 0.616. The first kappa shape index (κ1) is 16.0. The fourth-order valence-electron chi connectivity index (χ4n) is 2.18. The summed E-state index contributed by atoms with van der Waals surface area (Å²) in [5.74, 6) is 0. The summed E-state index contributed by atoms with van der Waals surface area (Å²) in [5, 5.41) is 3.61. The largest absolute Gasteiger partial charge is 0.378 e. The molecule has 1 atom stereocenters. The van der Waals surface area contributed by atoms with Crippen LogP contribution in [-0.2, 0) is 6.54 Å². The molecule has 0 amide bonds. The molecule has 0 aliphatic rings. The van der Waals surface area contributed by atoms with Crippen molar-refractivity contribution in [1.82, 2.24) is 5.32 Å². The molecule has 0 radical (unpaired) electrons. The highest BCUT2D eigenvalue weighted by Gasteiger charge is 2.02. The highest BCUT2D eigenvalue weighted by atomic mass is 15.1. The molecule has 1 unspecified atom stereocenters. The first-order valence-corrected chi connectivity index (χ1v) is 7.63. The molecule has 1 N–H and O–H groups in total. The molecule has 0 aliphatic carbocycles. The molecule has 108 valence electrons. The predicted octanol–water partition coefficient (Wildman–Crippen LogP) is 4.20. The minimum atomic E-state index is 0.616. The fraction of sp³-hybridized carbons (Fsp3) is 0.647. The van der Waals surface area contributed by atoms with Crippen LogP contribution in [0.25, 0.3) is 0 Å². The number of hydrogen-bond acceptors (Lipinski definition) is 2. The highest BCUT2D eigenvalue weighted by molar-refractivity contribution is 5.45. The van der Waals surface area contributed by atoms with Crippen molar-refractivity contribution in [2.24, 2.45) is 0 Å². The van der Waals surface area contributed by atoms with Crippen molar-refractivity contribution in [3.8, 4) is 0 Å². The highest BCUT2D eigenvalue weighted by Crippen LogP contribution is 2.12. The number of benzene rings is 1. The van der Waals surface area contributed by atoms with Crippen LogP contribution in [-0.4, -0.2) is 20.1 Å². The van der Waals surface area contributed by atoms with E-state index in [4.69, 9.17) is 0 Å². The molecule has 0 saturated heterocycles. The number of anilines is 1. The lowest BCUT2D eigenvalue weighted by Crippen LogP contribution is -2.25. The number of nitrogens with one attached hydrogen (secondary N) is 1. The van der Waals surface area contributed by atoms with Crippen molar-refractivity contribution in [3.63, 3.8) is 0 Å². The van der Waals surface area contributed by atoms with E-state index in [1.807, 2.05) is 0 Å². The number of unbranched alkanes of at least 4 members (excludes halogenated alkanes) is 3. The Hall–Kier alpha value is -1.02. The van der Waals surface area contributed by atoms with Gasteiger partial charge in [-0.1, -0.05) is 44.7 Å². The van der Waals surface area contributed by atoms with Crippen molar-refractivity contribution >= 4 is 5.69 Å². The Balaban J connectivity index is 2.24. The van der Waals surface area contributed by atoms with Crippen LogP contribution in [0.15, 0.2) is 24.3 Å². The Morgan fingerprint density at radius 2 is 1.74 bits per heavy atom. The van der Waals surface area contributed by atoms with E-state index in [9.17, 15) is 0 Å². The fourth-order valence-corrected chi connectivity index (χ4v) is 2.18. The van der Waals surface area contributed by atoms with Crippen molar-refractivity contribution < 1.29 is 0 Å². The molecule has 2 nitrogen and oxygen atoms in total. The van der Waals surface area contributed by atoms with Gasteiger partial charge in [0.25, 0.3) is 0 Å². The standard InChI is InChI=1S/C17H30N2/c1-5-6-7-8-9-15(2)18-14-16-10-12-17(13-11-16)19(3)4/h10-13,15,18H,5-9,14H2,1-4H3. The van der Waals surface area contributed by atoms with E-state index in [1.165, 1.54) is 43.4 Å². The third kappa shape index (κ3) is 6.63. The van der Waals surface area contributed by atoms with Crippen LogP contribution in [0, 0.1) is 0 Å². The van der Waals surface area contributed by atoms with Gasteiger partial charge in [0.15, 0.2) is 0 Å². The molecule has 0 saturated carbocycles. The summed E-state index contributed by atoms with van der Waals surface area (Å²) in [5.41, 5.74) is 2.63. The number of hydrogen-bond donors (Lipinski definition) is 1. The van der Waals surface area contributed by atoms with Gasteiger partial charge in [0.05, 0.1) is 0 Å². The third-order valence-corrected chi connectivity index (χ3v) is 3.60. The van der Waals surface area contributed by atoms with E-state index in [-0.39, 0.29) is 0 Å². The summed E-state index contributed by atoms with van der Waals surface area (Å²) in [6.07, 6.45) is 6.70. The maximum Gasteiger partial charge on any atom is 0.0361 e. The molecule has 2 heteroatoms. The zero-order chi connectivity index (χ0) is 14.1. The minimum Gasteiger partial charge on any atom is -0.378 e. The van der Waals surface area contributed by atoms with Gasteiger partial charge in [-0.2, -0.15) is 0 Å². The molecule has 1 aromatic rings. The van der Waals surface area contributed by atoms with Crippen LogP contribution in [0.1, 0.15) is 51.5 Å². The molecule has 0 heterocycles. The number of nitrogens with zero attached hydrogens (tertiary/aromatic N) is 1. The van der Waals surface area contributed by atoms with Gasteiger partial charge < -0.3 is 10.2 Å². The van der Waals surface area contributed by atoms with Gasteiger partial charge in [-0.25, -0.2) is 0 Å². The van der Waals surface area contributed by atoms with Crippen LogP contribution < -0.4 is 10.2 Å². The molecule has 19 heavy (non-hydrogen) atoms. The van der Waals surface area contributed by atoms with Crippen LogP contribution in [0.3, 0.4) is 0 Å². The molecule has 0 spiro atoms. The lowest BCUT2D eigenvalue weighted by molar-refractivity contribution is 0.483. The van der Waals surface area contributed by atoms with Gasteiger partial charge >= 0.3 is 0 Å². The molecule has 0 bridgehead atoms. The van der Waals surface area contributed by atoms with Crippen LogP contribution in [0.4, 0.5) is 5.69 Å². The van der Waals surface area contributed by atoms with Gasteiger partial charge in [0.2, 0.25) is 0 Å². The van der Waals surface area contributed by atoms with E-state index < -0.39 is 0 Å². The average Bonchev–Trinajstić information content (AvgIpc) is 2.42. The summed E-state index contributed by atoms with van der Waals surface area (Å²) in [4.78, 5) is 2.13. The van der Waals surface area contributed by atoms with Gasteiger partial charge in [-0.05, 0) is 31.0 Å². The normalized spacial score (nSPS) is 12.4. The van der Waals surface area contributed by atoms with Crippen molar-refractivity contribution in [1.29, 1.82) is 0 Å². The van der Waals surface area contributed by atoms with Gasteiger partial charge in [-0.3, -0.25) is 0 Å². The van der Waals surface area contributed by atoms with E-state index in [2.05, 4.69) is 62.4 Å². The first-order valence-electron chi connectivity index (χ1n) is 7.63. The van der Waals surface area contributed by atoms with Crippen molar-refractivity contribution in [2.75, 3.05) is 19.0 Å². The van der Waals surface area contributed by atoms with E-state index in [0.29, 0.717) is 6.04 Å². The summed E-state index contributed by atoms with van der Waals surface area (Å²) in [7, 11) is 4.15. The smallest absolute Gasteiger partial charge is 0.0361 e. The van der Waals surface area contributed by atoms with Gasteiger partial charge in [-0.15, -0.1) is 0 Å². The Morgan fingerprint density at radius 3 is 2.32 bits per heavy atom. The van der Waals surface area contributed by atoms with E-state index >= 15 is 0 Å². The quantitative estimate of drug-likeness (QED) is 0.671. The van der Waals surface area contributed by atoms with Crippen LogP contribution >= 0.6 is 0 Å². The maximum atomic E-state index is 3.61. The first-order chi connectivity index (χ1) is 9.13. The monoisotopic (exact) mass is 262 g/mol. The molecule has 0 fully saturated rings. The molecular weight excluding hydrogens is 232 g/mol. The Kier molecular flexibility index (Phi) is 7.57. The molecule has 1 aromatic carbocycles. The Labute approximate surface area is 119 Å². The predicted molar refractivity (Wildman–Crippen MR) is 85.8 cm³/mol. The Morgan fingerprint density at radius 1 is 1.05 bits per heavy atom. The lowest BCUT2D eigenvalue weighted by Gasteiger charge is -2.15. The van der Waals surface area contributed by atoms with Crippen molar-refractivity contribution in [3.05, 3.63) is 29.8 Å². The number of rotatable bonds is 9. The summed E-state index contributed by atoms with van der Waals surface area (Å²) < 4.78 is 0. The summed E-state index contributed by atoms with van der Waals surface area (Å²) >= 11 is 0. The van der Waals surface area contributed by atoms with Crippen LogP contribution in [0.5, 0.6) is 0 Å². The van der Waals surface area contributed by atoms with Crippen LogP contribution in [0.2, 0.25) is 0 Å². The van der Waals surface area contributed by atoms with Gasteiger partial charge in [0.1, 0.15) is 0 Å². The Bertz CT molecular complexity index is 330. The zero-order valence-electron chi connectivity index (χ0n) is 13.1. The summed E-state index contributed by atoms with van der Waals surface area (Å²) in [6.45, 7) is 5.53. The van der Waals surface area contributed by atoms with E-state index in [1.54, 1.807) is 0 Å². The lowest BCUT2D eigenvalue weighted by atomic mass is 10.1. The second-order valence-corrected chi connectivity index (χ2v) is 5.69. The molecule has 0 aliphatic heterocycles. The molecule has 1 rings (SSSR count). The van der Waals surface area contributed by atoms with Crippen molar-refractivity contribution in [2.45, 2.75) is 58.5 Å². The second kappa shape index (κ2) is 8.98. The second-order valence-electron chi connectivity index (χ2n) is 5.69. The topological polar surface area (TPSA) is 15.3 Å². The van der Waals surface area contributed by atoms with E-state index in [0.717, 1.165) is 6.54 Å². The average molecular weight is 262 g/mol. The SMILES string of the molecule is CCCCCCC(C)NCc1ccc(N(C)C)cc1. The molecule has 0 aromatic heterocycles. The summed E-state index contributed by atoms with van der Waals surface area (Å²) in [6, 6.07) is 9.41. The molecular formula is C17H30N2. The zero-order valence-corrected chi connectivity index (χ0v) is 13.1. The maximum absolute atomic E-state index is 3.61. The third-order valence-electron chi connectivity index (χ3n) is 3.60.